The smallest absolute Gasteiger partial charge is 0.419 e. The second-order valence-corrected chi connectivity index (χ2v) is 8.79. The topological polar surface area (TPSA) is 85.4 Å². The highest BCUT2D eigenvalue weighted by molar-refractivity contribution is 6.31. The molecule has 1 aliphatic rings. The molecule has 0 spiro atoms. The highest BCUT2D eigenvalue weighted by atomic mass is 35.5. The van der Waals surface area contributed by atoms with Crippen LogP contribution in [0.25, 0.3) is 10.9 Å². The van der Waals surface area contributed by atoms with E-state index in [1.165, 1.54) is 12.1 Å². The molecule has 0 saturated heterocycles. The number of hydrogen-bond acceptors (Lipinski definition) is 4. The van der Waals surface area contributed by atoms with Crippen molar-refractivity contribution in [3.8, 4) is 5.75 Å². The van der Waals surface area contributed by atoms with Crippen molar-refractivity contribution in [2.45, 2.75) is 50.4 Å². The summed E-state index contributed by atoms with van der Waals surface area (Å²) in [6.07, 6.45) is -5.53. The maximum absolute atomic E-state index is 14.3. The van der Waals surface area contributed by atoms with Gasteiger partial charge in [-0.3, -0.25) is 4.79 Å². The summed E-state index contributed by atoms with van der Waals surface area (Å²) in [6.45, 7) is 3.22. The quantitative estimate of drug-likeness (QED) is 0.360. The van der Waals surface area contributed by atoms with Gasteiger partial charge in [0.15, 0.2) is 5.60 Å². The number of halogens is 5. The summed E-state index contributed by atoms with van der Waals surface area (Å²) in [7, 11) is 0. The molecule has 176 valence electrons. The number of fused-ring (bicyclic) bond motifs is 2. The molecule has 2 aromatic carbocycles. The lowest BCUT2D eigenvalue weighted by molar-refractivity contribution is -0.272. The molecule has 3 aromatic rings. The second kappa shape index (κ2) is 7.92. The van der Waals surface area contributed by atoms with Crippen LogP contribution < -0.4 is 10.9 Å². The normalized spacial score (nSPS) is 22.9. The van der Waals surface area contributed by atoms with Crippen molar-refractivity contribution in [1.29, 1.82) is 0 Å². The molecule has 0 amide bonds. The van der Waals surface area contributed by atoms with Crippen molar-refractivity contribution in [2.75, 3.05) is 5.32 Å². The average molecular weight is 485 g/mol. The number of H-pyrrole nitrogens is 1. The molecule has 1 aliphatic carbocycles. The Morgan fingerprint density at radius 2 is 1.97 bits per heavy atom. The van der Waals surface area contributed by atoms with Gasteiger partial charge in [-0.25, -0.2) is 4.39 Å². The lowest BCUT2D eigenvalue weighted by atomic mass is 9.68. The van der Waals surface area contributed by atoms with Gasteiger partial charge in [0.25, 0.3) is 0 Å². The summed E-state index contributed by atoms with van der Waals surface area (Å²) < 4.78 is 57.2. The molecule has 3 atom stereocenters. The highest BCUT2D eigenvalue weighted by Crippen LogP contribution is 2.56. The molecule has 0 unspecified atom stereocenters. The van der Waals surface area contributed by atoms with Crippen molar-refractivity contribution >= 4 is 28.2 Å². The van der Waals surface area contributed by atoms with Gasteiger partial charge in [-0.05, 0) is 55.5 Å². The van der Waals surface area contributed by atoms with Gasteiger partial charge in [-0.15, -0.1) is 0 Å². The van der Waals surface area contributed by atoms with Crippen molar-refractivity contribution in [2.24, 2.45) is 0 Å². The predicted molar refractivity (Wildman–Crippen MR) is 117 cm³/mol. The van der Waals surface area contributed by atoms with Crippen LogP contribution in [0.5, 0.6) is 5.75 Å². The van der Waals surface area contributed by atoms with Gasteiger partial charge in [-0.1, -0.05) is 18.5 Å². The molecule has 5 nitrogen and oxygen atoms in total. The lowest BCUT2D eigenvalue weighted by Crippen LogP contribution is -2.55. The number of anilines is 1. The maximum Gasteiger partial charge on any atom is 0.419 e. The average Bonchev–Trinajstić information content (AvgIpc) is 2.72. The minimum Gasteiger partial charge on any atom is -0.507 e. The Morgan fingerprint density at radius 1 is 1.27 bits per heavy atom. The van der Waals surface area contributed by atoms with Crippen LogP contribution in [0, 0.1) is 12.7 Å². The van der Waals surface area contributed by atoms with E-state index in [0.717, 1.165) is 18.2 Å². The lowest BCUT2D eigenvalue weighted by Gasteiger charge is -2.46. The summed E-state index contributed by atoms with van der Waals surface area (Å²) in [5.41, 5.74) is -3.18. The minimum absolute atomic E-state index is 0.0251. The van der Waals surface area contributed by atoms with Crippen LogP contribution in [0.4, 0.5) is 23.2 Å². The van der Waals surface area contributed by atoms with Crippen molar-refractivity contribution in [1.82, 2.24) is 4.98 Å². The Bertz CT molecular complexity index is 1310. The summed E-state index contributed by atoms with van der Waals surface area (Å²) in [5.74, 6) is -1.82. The van der Waals surface area contributed by atoms with E-state index < -0.39 is 41.5 Å². The summed E-state index contributed by atoms with van der Waals surface area (Å²) >= 11 is 6.20. The molecule has 0 aliphatic heterocycles. The summed E-state index contributed by atoms with van der Waals surface area (Å²) in [4.78, 5) is 14.1. The monoisotopic (exact) mass is 484 g/mol. The summed E-state index contributed by atoms with van der Waals surface area (Å²) in [5, 5.41) is 24.7. The third kappa shape index (κ3) is 3.73. The zero-order chi connectivity index (χ0) is 24.3. The maximum atomic E-state index is 14.3. The Morgan fingerprint density at radius 3 is 2.61 bits per heavy atom. The fourth-order valence-corrected chi connectivity index (χ4v) is 4.84. The van der Waals surface area contributed by atoms with Gasteiger partial charge in [0, 0.05) is 33.3 Å². The second-order valence-electron chi connectivity index (χ2n) is 8.38. The first-order chi connectivity index (χ1) is 15.4. The molecule has 0 radical (unpaired) electrons. The van der Waals surface area contributed by atoms with Crippen LogP contribution in [-0.2, 0) is 0 Å². The van der Waals surface area contributed by atoms with E-state index in [1.54, 1.807) is 13.8 Å². The van der Waals surface area contributed by atoms with Crippen LogP contribution in [0.2, 0.25) is 5.02 Å². The minimum atomic E-state index is -5.06. The molecule has 0 fully saturated rings. The van der Waals surface area contributed by atoms with E-state index in [0.29, 0.717) is 5.56 Å². The molecular weight excluding hydrogens is 464 g/mol. The number of rotatable bonds is 3. The Hall–Kier alpha value is -2.78. The van der Waals surface area contributed by atoms with Crippen LogP contribution in [-0.4, -0.2) is 27.0 Å². The predicted octanol–water partition coefficient (Wildman–Crippen LogP) is 5.68. The van der Waals surface area contributed by atoms with Crippen molar-refractivity contribution in [3.63, 3.8) is 0 Å². The number of benzene rings is 2. The zero-order valence-electron chi connectivity index (χ0n) is 17.6. The Labute approximate surface area is 191 Å². The van der Waals surface area contributed by atoms with Crippen LogP contribution in [0.15, 0.2) is 35.1 Å². The SMILES string of the molecule is CC[C@@H]1C[C@@](O)(C(F)(F)F)[C@H](Nc2cc(F)cc3[nH]c(=O)ccc23)c2cc(Cl)c(C)c(O)c21. The van der Waals surface area contributed by atoms with E-state index in [9.17, 15) is 32.6 Å². The fraction of sp³-hybridized carbons (Fsp3) is 0.348. The molecule has 4 N–H and O–H groups in total. The number of aromatic amines is 1. The number of aromatic hydroxyl groups is 1. The number of aliphatic hydroxyl groups is 1. The van der Waals surface area contributed by atoms with E-state index in [-0.39, 0.29) is 44.9 Å². The van der Waals surface area contributed by atoms with Crippen molar-refractivity contribution < 1.29 is 27.8 Å². The Kier molecular flexibility index (Phi) is 5.61. The number of hydrogen-bond donors (Lipinski definition) is 4. The van der Waals surface area contributed by atoms with Crippen molar-refractivity contribution in [3.05, 3.63) is 68.2 Å². The molecule has 4 rings (SSSR count). The number of aromatic nitrogens is 1. The van der Waals surface area contributed by atoms with Gasteiger partial charge in [0.05, 0.1) is 11.6 Å². The van der Waals surface area contributed by atoms with Gasteiger partial charge in [0.2, 0.25) is 5.56 Å². The van der Waals surface area contributed by atoms with Crippen LogP contribution in [0.1, 0.15) is 48.4 Å². The van der Waals surface area contributed by atoms with Crippen LogP contribution >= 0.6 is 11.6 Å². The van der Waals surface area contributed by atoms with Gasteiger partial charge >= 0.3 is 6.18 Å². The number of phenolic OH excluding ortho intramolecular Hbond substituents is 1. The summed E-state index contributed by atoms with van der Waals surface area (Å²) in [6, 6.07) is 4.03. The standard InChI is InChI=1S/C23H21ClF4N2O3/c1-3-11-9-22(33,23(26,27)28)21(14-8-15(24)10(2)20(32)19(11)14)30-17-7-12(25)6-16-13(17)4-5-18(31)29-16/h4-8,11,21,30,32-33H,3,9H2,1-2H3,(H,29,31)/t11-,21-,22+/m1/s1. The first-order valence-corrected chi connectivity index (χ1v) is 10.6. The molecule has 33 heavy (non-hydrogen) atoms. The van der Waals surface area contributed by atoms with E-state index >= 15 is 0 Å². The third-order valence-electron chi connectivity index (χ3n) is 6.40. The van der Waals surface area contributed by atoms with Crippen LogP contribution in [0.3, 0.4) is 0 Å². The molecule has 10 heteroatoms. The molecule has 0 bridgehead atoms. The first-order valence-electron chi connectivity index (χ1n) is 10.3. The van der Waals surface area contributed by atoms with E-state index in [1.807, 2.05) is 0 Å². The molecule has 0 saturated carbocycles. The van der Waals surface area contributed by atoms with Gasteiger partial charge in [0.1, 0.15) is 11.6 Å². The first kappa shape index (κ1) is 23.4. The number of alkyl halides is 3. The fourth-order valence-electron chi connectivity index (χ4n) is 4.63. The number of pyridine rings is 1. The molecule has 1 heterocycles. The number of nitrogens with one attached hydrogen (secondary N) is 2. The molecule has 1 aromatic heterocycles. The van der Waals surface area contributed by atoms with E-state index in [4.69, 9.17) is 11.6 Å². The third-order valence-corrected chi connectivity index (χ3v) is 6.80. The zero-order valence-corrected chi connectivity index (χ0v) is 18.4. The Balaban J connectivity index is 1.99. The molecular formula is C23H21ClF4N2O3. The number of phenols is 1. The van der Waals surface area contributed by atoms with E-state index in [2.05, 4.69) is 10.3 Å². The largest absolute Gasteiger partial charge is 0.507 e. The van der Waals surface area contributed by atoms with Gasteiger partial charge in [-0.2, -0.15) is 13.2 Å². The van der Waals surface area contributed by atoms with Gasteiger partial charge < -0.3 is 20.5 Å². The highest BCUT2D eigenvalue weighted by Gasteiger charge is 2.62.